The Hall–Kier alpha value is -1.66. The van der Waals surface area contributed by atoms with Crippen molar-refractivity contribution in [2.75, 3.05) is 31.2 Å². The number of aryl methyl sites for hydroxylation is 1. The lowest BCUT2D eigenvalue weighted by Gasteiger charge is -2.37. The van der Waals surface area contributed by atoms with Gasteiger partial charge in [-0.25, -0.2) is 4.98 Å². The van der Waals surface area contributed by atoms with Crippen LogP contribution in [0.3, 0.4) is 0 Å². The number of rotatable bonds is 1. The van der Waals surface area contributed by atoms with E-state index in [1.54, 1.807) is 0 Å². The minimum Gasteiger partial charge on any atom is -0.347 e. The average Bonchev–Trinajstić information content (AvgIpc) is 3.09. The minimum absolute atomic E-state index is 0.332. The quantitative estimate of drug-likeness (QED) is 0.786. The summed E-state index contributed by atoms with van der Waals surface area (Å²) in [6, 6.07) is 0. The molecule has 2 aliphatic rings. The number of aromatic nitrogens is 3. The van der Waals surface area contributed by atoms with Crippen molar-refractivity contribution >= 4 is 11.5 Å². The second-order valence-electron chi connectivity index (χ2n) is 5.42. The molecule has 6 heteroatoms. The second kappa shape index (κ2) is 4.43. The molecule has 0 N–H and O–H groups in total. The molecule has 0 radical (unpaired) electrons. The standard InChI is InChI=1S/C14H18N4O2/c1-11-12-10-16-13(18(12)7-4-15-11)17-5-2-14(3-6-17)19-8-9-20-14/h4,7,10H,2-3,5-6,8-9H2,1H3. The van der Waals surface area contributed by atoms with Gasteiger partial charge in [0.25, 0.3) is 0 Å². The van der Waals surface area contributed by atoms with Crippen LogP contribution in [0.15, 0.2) is 18.6 Å². The van der Waals surface area contributed by atoms with Crippen molar-refractivity contribution in [2.24, 2.45) is 0 Å². The fourth-order valence-electron chi connectivity index (χ4n) is 3.11. The zero-order valence-electron chi connectivity index (χ0n) is 11.6. The summed E-state index contributed by atoms with van der Waals surface area (Å²) in [4.78, 5) is 11.2. The molecule has 0 unspecified atom stereocenters. The van der Waals surface area contributed by atoms with Crippen LogP contribution in [0.1, 0.15) is 18.5 Å². The molecule has 0 aliphatic carbocycles. The van der Waals surface area contributed by atoms with Crippen LogP contribution < -0.4 is 4.90 Å². The number of anilines is 1. The SMILES string of the molecule is Cc1nccn2c(N3CCC4(CC3)OCCO4)ncc12. The predicted molar refractivity (Wildman–Crippen MR) is 73.8 cm³/mol. The summed E-state index contributed by atoms with van der Waals surface area (Å²) in [6.07, 6.45) is 7.47. The summed E-state index contributed by atoms with van der Waals surface area (Å²) in [6.45, 7) is 5.25. The molecule has 2 fully saturated rings. The maximum Gasteiger partial charge on any atom is 0.210 e. The number of hydrogen-bond acceptors (Lipinski definition) is 5. The number of fused-ring (bicyclic) bond motifs is 1. The van der Waals surface area contributed by atoms with E-state index in [-0.39, 0.29) is 5.79 Å². The number of nitrogens with zero attached hydrogens (tertiary/aromatic N) is 4. The predicted octanol–water partition coefficient (Wildman–Crippen LogP) is 1.38. The molecule has 1 spiro atoms. The lowest BCUT2D eigenvalue weighted by Crippen LogP contribution is -2.45. The Balaban J connectivity index is 1.60. The molecule has 2 aromatic rings. The maximum atomic E-state index is 5.77. The first-order valence-electron chi connectivity index (χ1n) is 7.09. The minimum atomic E-state index is -0.332. The molecular formula is C14H18N4O2. The molecule has 106 valence electrons. The highest BCUT2D eigenvalue weighted by atomic mass is 16.7. The Bertz CT molecular complexity index is 623. The van der Waals surface area contributed by atoms with Gasteiger partial charge in [-0.3, -0.25) is 9.38 Å². The molecule has 2 aliphatic heterocycles. The van der Waals surface area contributed by atoms with E-state index in [1.165, 1.54) is 0 Å². The van der Waals surface area contributed by atoms with Crippen molar-refractivity contribution in [2.45, 2.75) is 25.6 Å². The Morgan fingerprint density at radius 1 is 1.15 bits per heavy atom. The van der Waals surface area contributed by atoms with Gasteiger partial charge in [-0.1, -0.05) is 0 Å². The van der Waals surface area contributed by atoms with E-state index in [0.717, 1.165) is 56.3 Å². The number of ether oxygens (including phenoxy) is 2. The molecule has 4 rings (SSSR count). The van der Waals surface area contributed by atoms with Crippen LogP contribution >= 0.6 is 0 Å². The Morgan fingerprint density at radius 3 is 2.65 bits per heavy atom. The van der Waals surface area contributed by atoms with Crippen molar-refractivity contribution in [3.63, 3.8) is 0 Å². The molecule has 0 atom stereocenters. The zero-order chi connectivity index (χ0) is 13.6. The van der Waals surface area contributed by atoms with Crippen LogP contribution in [0, 0.1) is 6.92 Å². The van der Waals surface area contributed by atoms with E-state index in [1.807, 2.05) is 25.5 Å². The van der Waals surface area contributed by atoms with Gasteiger partial charge in [-0.2, -0.15) is 0 Å². The highest BCUT2D eigenvalue weighted by Gasteiger charge is 2.40. The van der Waals surface area contributed by atoms with Crippen LogP contribution in [0.5, 0.6) is 0 Å². The topological polar surface area (TPSA) is 51.9 Å². The monoisotopic (exact) mass is 274 g/mol. The lowest BCUT2D eigenvalue weighted by molar-refractivity contribution is -0.169. The van der Waals surface area contributed by atoms with E-state index < -0.39 is 0 Å². The van der Waals surface area contributed by atoms with Gasteiger partial charge in [-0.15, -0.1) is 0 Å². The number of hydrogen-bond donors (Lipinski definition) is 0. The second-order valence-corrected chi connectivity index (χ2v) is 5.42. The first-order valence-corrected chi connectivity index (χ1v) is 7.09. The first-order chi connectivity index (χ1) is 9.77. The van der Waals surface area contributed by atoms with Gasteiger partial charge in [0.05, 0.1) is 30.6 Å². The third-order valence-corrected chi connectivity index (χ3v) is 4.25. The van der Waals surface area contributed by atoms with Crippen molar-refractivity contribution < 1.29 is 9.47 Å². The highest BCUT2D eigenvalue weighted by molar-refractivity contribution is 5.56. The largest absolute Gasteiger partial charge is 0.347 e. The summed E-state index contributed by atoms with van der Waals surface area (Å²) in [5, 5.41) is 0. The van der Waals surface area contributed by atoms with Crippen molar-refractivity contribution in [3.05, 3.63) is 24.3 Å². The van der Waals surface area contributed by atoms with Gasteiger partial charge in [0.1, 0.15) is 0 Å². The highest BCUT2D eigenvalue weighted by Crippen LogP contribution is 2.33. The van der Waals surface area contributed by atoms with Gasteiger partial charge >= 0.3 is 0 Å². The van der Waals surface area contributed by atoms with Gasteiger partial charge in [-0.05, 0) is 6.92 Å². The fraction of sp³-hybridized carbons (Fsp3) is 0.571. The van der Waals surface area contributed by atoms with Gasteiger partial charge in [0, 0.05) is 38.3 Å². The number of piperidine rings is 1. The molecule has 6 nitrogen and oxygen atoms in total. The summed E-state index contributed by atoms with van der Waals surface area (Å²) in [5.41, 5.74) is 2.07. The molecule has 0 amide bonds. The summed E-state index contributed by atoms with van der Waals surface area (Å²) >= 11 is 0. The molecule has 20 heavy (non-hydrogen) atoms. The molecule has 0 bridgehead atoms. The van der Waals surface area contributed by atoms with Crippen molar-refractivity contribution in [1.29, 1.82) is 0 Å². The van der Waals surface area contributed by atoms with Gasteiger partial charge < -0.3 is 14.4 Å². The smallest absolute Gasteiger partial charge is 0.210 e. The van der Waals surface area contributed by atoms with E-state index >= 15 is 0 Å². The van der Waals surface area contributed by atoms with Crippen LogP contribution in [0.2, 0.25) is 0 Å². The van der Waals surface area contributed by atoms with E-state index in [4.69, 9.17) is 9.47 Å². The average molecular weight is 274 g/mol. The fourth-order valence-corrected chi connectivity index (χ4v) is 3.11. The zero-order valence-corrected chi connectivity index (χ0v) is 11.6. The van der Waals surface area contributed by atoms with Gasteiger partial charge in [0.2, 0.25) is 5.95 Å². The molecule has 4 heterocycles. The summed E-state index contributed by atoms with van der Waals surface area (Å²) in [7, 11) is 0. The first kappa shape index (κ1) is 12.1. The summed E-state index contributed by atoms with van der Waals surface area (Å²) < 4.78 is 13.6. The van der Waals surface area contributed by atoms with E-state index in [9.17, 15) is 0 Å². The normalized spacial score (nSPS) is 21.9. The van der Waals surface area contributed by atoms with Crippen LogP contribution in [-0.2, 0) is 9.47 Å². The third kappa shape index (κ3) is 1.79. The molecule has 0 aromatic carbocycles. The van der Waals surface area contributed by atoms with Crippen LogP contribution in [0.25, 0.3) is 5.52 Å². The Morgan fingerprint density at radius 2 is 1.90 bits per heavy atom. The maximum absolute atomic E-state index is 5.77. The van der Waals surface area contributed by atoms with Gasteiger partial charge in [0.15, 0.2) is 5.79 Å². The summed E-state index contributed by atoms with van der Waals surface area (Å²) in [5.74, 6) is 0.652. The Labute approximate surface area is 117 Å². The number of imidazole rings is 1. The molecule has 2 saturated heterocycles. The van der Waals surface area contributed by atoms with Crippen molar-refractivity contribution in [3.8, 4) is 0 Å². The Kier molecular flexibility index (Phi) is 2.68. The van der Waals surface area contributed by atoms with E-state index in [2.05, 4.69) is 19.3 Å². The van der Waals surface area contributed by atoms with Crippen molar-refractivity contribution in [1.82, 2.24) is 14.4 Å². The molecular weight excluding hydrogens is 256 g/mol. The lowest BCUT2D eigenvalue weighted by atomic mass is 10.0. The molecule has 0 saturated carbocycles. The van der Waals surface area contributed by atoms with Crippen LogP contribution in [-0.4, -0.2) is 46.5 Å². The molecule has 2 aromatic heterocycles. The third-order valence-electron chi connectivity index (χ3n) is 4.25. The van der Waals surface area contributed by atoms with Crippen LogP contribution in [0.4, 0.5) is 5.95 Å². The van der Waals surface area contributed by atoms with E-state index in [0.29, 0.717) is 0 Å².